The second-order valence-electron chi connectivity index (χ2n) is 6.04. The summed E-state index contributed by atoms with van der Waals surface area (Å²) in [6.07, 6.45) is 1.11. The normalized spacial score (nSPS) is 28.6. The molecule has 0 aromatic carbocycles. The Bertz CT molecular complexity index is 491. The van der Waals surface area contributed by atoms with Crippen molar-refractivity contribution in [1.82, 2.24) is 0 Å². The first kappa shape index (κ1) is 21.1. The van der Waals surface area contributed by atoms with E-state index in [4.69, 9.17) is 9.47 Å². The van der Waals surface area contributed by atoms with Crippen LogP contribution in [0.3, 0.4) is 0 Å². The summed E-state index contributed by atoms with van der Waals surface area (Å²) in [5, 5.41) is 0.726. The van der Waals surface area contributed by atoms with Crippen molar-refractivity contribution in [2.45, 2.75) is 39.9 Å². The molecule has 4 unspecified atom stereocenters. The van der Waals surface area contributed by atoms with Crippen LogP contribution in [0.5, 0.6) is 0 Å². The quantitative estimate of drug-likeness (QED) is 0.432. The molecule has 8 heteroatoms. The summed E-state index contributed by atoms with van der Waals surface area (Å²) in [6.45, 7) is 11.5. The van der Waals surface area contributed by atoms with Crippen molar-refractivity contribution in [1.29, 1.82) is 0 Å². The molecule has 0 N–H and O–H groups in total. The van der Waals surface area contributed by atoms with Crippen LogP contribution in [0, 0.1) is 0 Å². The van der Waals surface area contributed by atoms with E-state index >= 15 is 0 Å². The van der Waals surface area contributed by atoms with Crippen LogP contribution in [0.25, 0.3) is 0 Å². The Morgan fingerprint density at radius 1 is 0.880 bits per heavy atom. The summed E-state index contributed by atoms with van der Waals surface area (Å²) in [7, 11) is 0. The number of esters is 2. The van der Waals surface area contributed by atoms with E-state index in [1.165, 1.54) is 0 Å². The first-order valence-corrected chi connectivity index (χ1v) is 12.0. The lowest BCUT2D eigenvalue weighted by atomic mass is 10.4. The van der Waals surface area contributed by atoms with E-state index < -0.39 is 0 Å². The molecular formula is C17H24O4S4. The van der Waals surface area contributed by atoms with Gasteiger partial charge in [-0.2, -0.15) is 0 Å². The molecule has 0 saturated carbocycles. The summed E-state index contributed by atoms with van der Waals surface area (Å²) in [5.74, 6) is 1.42. The minimum atomic E-state index is -0.303. The number of hydrogen-bond donors (Lipinski definition) is 0. The van der Waals surface area contributed by atoms with Crippen LogP contribution in [0.2, 0.25) is 0 Å². The molecule has 2 saturated heterocycles. The molecule has 4 nitrogen and oxygen atoms in total. The molecule has 140 valence electrons. The van der Waals surface area contributed by atoms with Crippen LogP contribution in [-0.2, 0) is 19.1 Å². The van der Waals surface area contributed by atoms with Gasteiger partial charge in [0.1, 0.15) is 13.2 Å². The van der Waals surface area contributed by atoms with E-state index in [0.717, 1.165) is 17.9 Å². The van der Waals surface area contributed by atoms with Gasteiger partial charge in [-0.05, 0) is 20.3 Å². The highest BCUT2D eigenvalue weighted by Crippen LogP contribution is 2.47. The predicted molar refractivity (Wildman–Crippen MR) is 111 cm³/mol. The summed E-state index contributed by atoms with van der Waals surface area (Å²) in [4.78, 5) is 22.9. The lowest BCUT2D eigenvalue weighted by molar-refractivity contribution is -0.139. The average molecular weight is 421 g/mol. The fourth-order valence-electron chi connectivity index (χ4n) is 2.18. The highest BCUT2D eigenvalue weighted by Gasteiger charge is 2.33. The van der Waals surface area contributed by atoms with Crippen molar-refractivity contribution in [3.05, 3.63) is 24.3 Å². The lowest BCUT2D eigenvalue weighted by Gasteiger charge is -2.15. The summed E-state index contributed by atoms with van der Waals surface area (Å²) in [6, 6.07) is 0. The fraction of sp³-hybridized carbons (Fsp3) is 0.647. The van der Waals surface area contributed by atoms with E-state index in [2.05, 4.69) is 13.2 Å². The molecule has 2 rings (SSSR count). The Kier molecular flexibility index (Phi) is 8.64. The third-order valence-electron chi connectivity index (χ3n) is 3.51. The Morgan fingerprint density at radius 3 is 1.64 bits per heavy atom. The molecule has 0 bridgehead atoms. The van der Waals surface area contributed by atoms with E-state index in [0.29, 0.717) is 44.0 Å². The van der Waals surface area contributed by atoms with Crippen molar-refractivity contribution in [3.63, 3.8) is 0 Å². The molecule has 2 aliphatic rings. The van der Waals surface area contributed by atoms with Gasteiger partial charge in [0.15, 0.2) is 0 Å². The van der Waals surface area contributed by atoms with Gasteiger partial charge >= 0.3 is 11.9 Å². The Labute approximate surface area is 166 Å². The predicted octanol–water partition coefficient (Wildman–Crippen LogP) is 3.96. The van der Waals surface area contributed by atoms with Gasteiger partial charge in [-0.15, -0.1) is 47.0 Å². The van der Waals surface area contributed by atoms with Crippen molar-refractivity contribution >= 4 is 59.0 Å². The van der Waals surface area contributed by atoms with Crippen LogP contribution in [0.15, 0.2) is 24.3 Å². The smallest absolute Gasteiger partial charge is 0.333 e. The monoisotopic (exact) mass is 420 g/mol. The molecule has 0 aliphatic carbocycles. The van der Waals surface area contributed by atoms with Gasteiger partial charge in [-0.3, -0.25) is 0 Å². The minimum Gasteiger partial charge on any atom is -0.461 e. The number of thioether (sulfide) groups is 4. The molecule has 4 atom stereocenters. The average Bonchev–Trinajstić information content (AvgIpc) is 3.19. The first-order valence-electron chi connectivity index (χ1n) is 8.04. The summed E-state index contributed by atoms with van der Waals surface area (Å²) < 4.78 is 11.6. The van der Waals surface area contributed by atoms with Gasteiger partial charge < -0.3 is 9.47 Å². The molecule has 0 aromatic rings. The number of ether oxygens (including phenoxy) is 2. The third-order valence-corrected chi connectivity index (χ3v) is 10.1. The topological polar surface area (TPSA) is 52.6 Å². The largest absolute Gasteiger partial charge is 0.461 e. The van der Waals surface area contributed by atoms with Crippen molar-refractivity contribution in [2.24, 2.45) is 0 Å². The molecule has 0 radical (unpaired) electrons. The van der Waals surface area contributed by atoms with E-state index in [-0.39, 0.29) is 11.9 Å². The van der Waals surface area contributed by atoms with E-state index in [1.807, 2.05) is 47.0 Å². The standard InChI is InChI=1S/C17H24O4S4/c1-10(2)16(18)20-6-12-8-22-14(24-12)5-15-23-9-13(25-15)7-21-17(19)11(3)4/h12-15H,1,3,5-9H2,2,4H3. The highest BCUT2D eigenvalue weighted by atomic mass is 32.2. The molecule has 2 heterocycles. The molecule has 0 amide bonds. The summed E-state index contributed by atoms with van der Waals surface area (Å²) in [5.41, 5.74) is 0.897. The maximum Gasteiger partial charge on any atom is 0.333 e. The van der Waals surface area contributed by atoms with Gasteiger partial charge in [0.25, 0.3) is 0 Å². The van der Waals surface area contributed by atoms with Gasteiger partial charge in [0, 0.05) is 33.2 Å². The molecule has 25 heavy (non-hydrogen) atoms. The molecule has 2 aliphatic heterocycles. The van der Waals surface area contributed by atoms with Crippen LogP contribution < -0.4 is 0 Å². The maximum atomic E-state index is 11.5. The Morgan fingerprint density at radius 2 is 1.28 bits per heavy atom. The number of carbonyl (C=O) groups excluding carboxylic acids is 2. The number of carbonyl (C=O) groups is 2. The zero-order valence-electron chi connectivity index (χ0n) is 14.5. The van der Waals surface area contributed by atoms with Crippen molar-refractivity contribution in [2.75, 3.05) is 24.7 Å². The first-order chi connectivity index (χ1) is 11.8. The zero-order chi connectivity index (χ0) is 18.4. The van der Waals surface area contributed by atoms with Crippen LogP contribution in [0.1, 0.15) is 20.3 Å². The maximum absolute atomic E-state index is 11.5. The number of hydrogen-bond acceptors (Lipinski definition) is 8. The Hall–Kier alpha value is -0.180. The van der Waals surface area contributed by atoms with Crippen molar-refractivity contribution in [3.8, 4) is 0 Å². The minimum absolute atomic E-state index is 0.303. The lowest BCUT2D eigenvalue weighted by Crippen LogP contribution is -2.16. The second-order valence-corrected chi connectivity index (χ2v) is 12.1. The fourth-order valence-corrected chi connectivity index (χ4v) is 9.28. The molecule has 0 spiro atoms. The molecule has 2 fully saturated rings. The Balaban J connectivity index is 1.63. The highest BCUT2D eigenvalue weighted by molar-refractivity contribution is 8.22. The second kappa shape index (κ2) is 10.2. The van der Waals surface area contributed by atoms with Gasteiger partial charge in [0.05, 0.1) is 9.16 Å². The van der Waals surface area contributed by atoms with Gasteiger partial charge in [-0.1, -0.05) is 13.2 Å². The number of rotatable bonds is 8. The zero-order valence-corrected chi connectivity index (χ0v) is 17.8. The van der Waals surface area contributed by atoms with Crippen LogP contribution in [-0.4, -0.2) is 56.3 Å². The van der Waals surface area contributed by atoms with Crippen LogP contribution in [0.4, 0.5) is 0 Å². The van der Waals surface area contributed by atoms with Gasteiger partial charge in [-0.25, -0.2) is 9.59 Å². The SMILES string of the molecule is C=C(C)C(=O)OCC1CSC(CC2SCC(COC(=O)C(=C)C)S2)S1. The van der Waals surface area contributed by atoms with E-state index in [9.17, 15) is 9.59 Å². The summed E-state index contributed by atoms with van der Waals surface area (Å²) >= 11 is 7.71. The van der Waals surface area contributed by atoms with Gasteiger partial charge in [0.2, 0.25) is 0 Å². The third kappa shape index (κ3) is 7.15. The van der Waals surface area contributed by atoms with Crippen LogP contribution >= 0.6 is 47.0 Å². The molecule has 0 aromatic heterocycles. The van der Waals surface area contributed by atoms with Crippen molar-refractivity contribution < 1.29 is 19.1 Å². The molecular weight excluding hydrogens is 396 g/mol. The van der Waals surface area contributed by atoms with E-state index in [1.54, 1.807) is 13.8 Å².